The number of amides is 2. The predicted octanol–water partition coefficient (Wildman–Crippen LogP) is 2.03. The summed E-state index contributed by atoms with van der Waals surface area (Å²) in [5, 5.41) is 0.926. The molecule has 3 aliphatic heterocycles. The fourth-order valence-electron chi connectivity index (χ4n) is 5.82. The van der Waals surface area contributed by atoms with Crippen LogP contribution in [0.25, 0.3) is 10.2 Å². The predicted molar refractivity (Wildman–Crippen MR) is 143 cm³/mol. The third-order valence-electron chi connectivity index (χ3n) is 7.58. The van der Waals surface area contributed by atoms with Gasteiger partial charge in [0.25, 0.3) is 15.6 Å². The van der Waals surface area contributed by atoms with E-state index in [9.17, 15) is 22.8 Å². The lowest BCUT2D eigenvalue weighted by Gasteiger charge is -2.43. The lowest BCUT2D eigenvalue weighted by Crippen LogP contribution is -2.56. The molecule has 0 saturated carbocycles. The number of hydrogen-bond acceptors (Lipinski definition) is 7. The number of piperidine rings is 2. The van der Waals surface area contributed by atoms with Gasteiger partial charge in [-0.1, -0.05) is 17.7 Å². The molecule has 10 nitrogen and oxygen atoms in total. The Morgan fingerprint density at radius 1 is 1.16 bits per heavy atom. The molecule has 38 heavy (non-hydrogen) atoms. The third-order valence-corrected chi connectivity index (χ3v) is 10.8. The Morgan fingerprint density at radius 2 is 2.00 bits per heavy atom. The van der Waals surface area contributed by atoms with Crippen LogP contribution >= 0.6 is 22.9 Å². The van der Waals surface area contributed by atoms with Gasteiger partial charge in [-0.05, 0) is 49.4 Å². The van der Waals surface area contributed by atoms with Crippen LogP contribution < -0.4 is 10.3 Å². The zero-order valence-corrected chi connectivity index (χ0v) is 22.8. The third kappa shape index (κ3) is 4.74. The van der Waals surface area contributed by atoms with Crippen LogP contribution in [-0.4, -0.2) is 71.8 Å². The first-order valence-corrected chi connectivity index (χ1v) is 15.2. The summed E-state index contributed by atoms with van der Waals surface area (Å²) in [6.45, 7) is 1.93. The highest BCUT2D eigenvalue weighted by Crippen LogP contribution is 2.35. The molecular weight excluding hydrogens is 550 g/mol. The average molecular weight is 576 g/mol. The van der Waals surface area contributed by atoms with E-state index >= 15 is 0 Å². The molecule has 2 fully saturated rings. The molecule has 200 valence electrons. The number of likely N-dealkylation sites (tertiary alicyclic amines) is 2. The molecule has 6 rings (SSSR count). The number of fused-ring (bicyclic) bond motifs is 5. The summed E-state index contributed by atoms with van der Waals surface area (Å²) in [6, 6.07) is 9.13. The van der Waals surface area contributed by atoms with Crippen molar-refractivity contribution in [2.45, 2.75) is 42.0 Å². The van der Waals surface area contributed by atoms with Crippen LogP contribution in [-0.2, 0) is 26.2 Å². The van der Waals surface area contributed by atoms with E-state index in [1.807, 2.05) is 10.6 Å². The summed E-state index contributed by atoms with van der Waals surface area (Å²) in [5.74, 6) is -0.282. The van der Waals surface area contributed by atoms with Crippen LogP contribution in [0.15, 0.2) is 45.4 Å². The Morgan fingerprint density at radius 3 is 2.84 bits per heavy atom. The van der Waals surface area contributed by atoms with Crippen LogP contribution in [0.2, 0.25) is 5.15 Å². The monoisotopic (exact) mass is 575 g/mol. The number of carbonyl (C=O) groups excluding carboxylic acids is 2. The van der Waals surface area contributed by atoms with Crippen molar-refractivity contribution in [2.75, 3.05) is 26.2 Å². The van der Waals surface area contributed by atoms with Gasteiger partial charge in [0, 0.05) is 49.2 Å². The van der Waals surface area contributed by atoms with Crippen molar-refractivity contribution < 1.29 is 18.0 Å². The van der Waals surface area contributed by atoms with E-state index in [1.54, 1.807) is 29.2 Å². The molecule has 0 spiro atoms. The normalized spacial score (nSPS) is 23.5. The van der Waals surface area contributed by atoms with E-state index < -0.39 is 22.0 Å². The fourth-order valence-corrected chi connectivity index (χ4v) is 8.59. The van der Waals surface area contributed by atoms with Gasteiger partial charge in [0.15, 0.2) is 0 Å². The zero-order chi connectivity index (χ0) is 26.6. The average Bonchev–Trinajstić information content (AvgIpc) is 3.31. The quantitative estimate of drug-likeness (QED) is 0.465. The van der Waals surface area contributed by atoms with Crippen LogP contribution in [0.4, 0.5) is 0 Å². The van der Waals surface area contributed by atoms with Gasteiger partial charge in [-0.3, -0.25) is 14.4 Å². The summed E-state index contributed by atoms with van der Waals surface area (Å²) in [5.41, 5.74) is 0.938. The Kier molecular flexibility index (Phi) is 6.53. The van der Waals surface area contributed by atoms with Gasteiger partial charge in [0.2, 0.25) is 11.8 Å². The smallest absolute Gasteiger partial charge is 0.250 e. The summed E-state index contributed by atoms with van der Waals surface area (Å²) >= 11 is 6.91. The van der Waals surface area contributed by atoms with E-state index in [1.165, 1.54) is 11.0 Å². The molecule has 2 bridgehead atoms. The lowest BCUT2D eigenvalue weighted by atomic mass is 9.83. The maximum Gasteiger partial charge on any atom is 0.250 e. The molecular formula is C25H26ClN5O5S2. The van der Waals surface area contributed by atoms with E-state index in [2.05, 4.69) is 9.71 Å². The van der Waals surface area contributed by atoms with E-state index in [0.29, 0.717) is 49.2 Å². The number of nitrogens with one attached hydrogen (secondary N) is 1. The zero-order valence-electron chi connectivity index (χ0n) is 20.4. The summed E-state index contributed by atoms with van der Waals surface area (Å²) < 4.78 is 30.6. The SMILES string of the molecule is O=C(CN1CCC[C@H](NS(=O)(=O)c2cc3ccc(Cl)nc3s2)C1=O)N1CC2C[C@H](C1)Cn1c2cccc1=O. The largest absolute Gasteiger partial charge is 0.340 e. The molecule has 2 saturated heterocycles. The second-order valence-electron chi connectivity index (χ2n) is 10.2. The second-order valence-corrected chi connectivity index (χ2v) is 13.5. The molecule has 0 aromatic carbocycles. The first kappa shape index (κ1) is 25.5. The number of pyridine rings is 2. The van der Waals surface area contributed by atoms with Gasteiger partial charge in [-0.2, -0.15) is 4.72 Å². The van der Waals surface area contributed by atoms with Gasteiger partial charge in [-0.15, -0.1) is 11.3 Å². The fraction of sp³-hybridized carbons (Fsp3) is 0.440. The van der Waals surface area contributed by atoms with Crippen molar-refractivity contribution in [3.8, 4) is 0 Å². The minimum absolute atomic E-state index is 0.0138. The molecule has 13 heteroatoms. The summed E-state index contributed by atoms with van der Waals surface area (Å²) in [7, 11) is -3.97. The number of thiophene rings is 1. The molecule has 0 radical (unpaired) electrons. The maximum absolute atomic E-state index is 13.3. The van der Waals surface area contributed by atoms with Crippen LogP contribution in [0.3, 0.4) is 0 Å². The molecule has 3 aromatic heterocycles. The highest BCUT2D eigenvalue weighted by atomic mass is 35.5. The van der Waals surface area contributed by atoms with Crippen molar-refractivity contribution in [3.05, 3.63) is 57.6 Å². The number of sulfonamides is 1. The molecule has 2 amide bonds. The van der Waals surface area contributed by atoms with Gasteiger partial charge < -0.3 is 14.4 Å². The first-order chi connectivity index (χ1) is 18.2. The molecule has 3 aliphatic rings. The van der Waals surface area contributed by atoms with Gasteiger partial charge in [0.1, 0.15) is 20.2 Å². The molecule has 3 aromatic rings. The highest BCUT2D eigenvalue weighted by molar-refractivity contribution is 7.91. The second kappa shape index (κ2) is 9.74. The number of carbonyl (C=O) groups is 2. The van der Waals surface area contributed by atoms with E-state index in [-0.39, 0.29) is 39.2 Å². The van der Waals surface area contributed by atoms with Crippen LogP contribution in [0, 0.1) is 5.92 Å². The van der Waals surface area contributed by atoms with Crippen LogP contribution in [0.5, 0.6) is 0 Å². The Bertz CT molecular complexity index is 1600. The molecule has 1 N–H and O–H groups in total. The van der Waals surface area contributed by atoms with Crippen molar-refractivity contribution in [1.29, 1.82) is 0 Å². The van der Waals surface area contributed by atoms with Gasteiger partial charge >= 0.3 is 0 Å². The number of aromatic nitrogens is 2. The standard InChI is InChI=1S/C25H26ClN5O5S2/c26-20-7-6-16-10-23(37-24(16)27-20)38(35,36)28-18-3-2-8-29(25(18)34)14-22(33)30-11-15-9-17(13-30)19-4-1-5-21(32)31(19)12-15/h1,4-7,10,15,17-18,28H,2-3,8-9,11-14H2/t15-,17?,18+/m1/s1. The van der Waals surface area contributed by atoms with Gasteiger partial charge in [0.05, 0.1) is 6.54 Å². The Labute approximate surface area is 228 Å². The number of halogens is 1. The minimum atomic E-state index is -3.97. The molecule has 6 heterocycles. The van der Waals surface area contributed by atoms with E-state index in [0.717, 1.165) is 23.5 Å². The Balaban J connectivity index is 1.13. The summed E-state index contributed by atoms with van der Waals surface area (Å²) in [6.07, 6.45) is 1.87. The summed E-state index contributed by atoms with van der Waals surface area (Å²) in [4.78, 5) is 46.7. The van der Waals surface area contributed by atoms with Crippen molar-refractivity contribution in [3.63, 3.8) is 0 Å². The number of nitrogens with zero attached hydrogens (tertiary/aromatic N) is 4. The molecule has 1 unspecified atom stereocenters. The van der Waals surface area contributed by atoms with Crippen molar-refractivity contribution in [2.24, 2.45) is 5.92 Å². The van der Waals surface area contributed by atoms with Crippen molar-refractivity contribution >= 4 is 55.0 Å². The Hall–Kier alpha value is -2.80. The van der Waals surface area contributed by atoms with E-state index in [4.69, 9.17) is 11.6 Å². The minimum Gasteiger partial charge on any atom is -0.340 e. The molecule has 0 aliphatic carbocycles. The number of hydrogen-bond donors (Lipinski definition) is 1. The van der Waals surface area contributed by atoms with Crippen LogP contribution in [0.1, 0.15) is 30.9 Å². The maximum atomic E-state index is 13.3. The van der Waals surface area contributed by atoms with Gasteiger partial charge in [-0.25, -0.2) is 13.4 Å². The number of rotatable bonds is 5. The lowest BCUT2D eigenvalue weighted by molar-refractivity contribution is -0.144. The molecule has 3 atom stereocenters. The highest BCUT2D eigenvalue weighted by Gasteiger charge is 2.38. The topological polar surface area (TPSA) is 122 Å². The first-order valence-electron chi connectivity index (χ1n) is 12.5. The van der Waals surface area contributed by atoms with Crippen molar-refractivity contribution in [1.82, 2.24) is 24.1 Å².